The lowest BCUT2D eigenvalue weighted by Crippen LogP contribution is -2.57. The molecule has 0 aromatic heterocycles. The Morgan fingerprint density at radius 1 is 1.31 bits per heavy atom. The first kappa shape index (κ1) is 21.0. The van der Waals surface area contributed by atoms with E-state index < -0.39 is 35.5 Å². The maximum absolute atomic E-state index is 12.9. The maximum atomic E-state index is 12.9. The van der Waals surface area contributed by atoms with Gasteiger partial charge in [0.2, 0.25) is 0 Å². The van der Waals surface area contributed by atoms with Gasteiger partial charge in [-0.2, -0.15) is 0 Å². The molecule has 7 nitrogen and oxygen atoms in total. The molecule has 4 aliphatic rings. The number of aliphatic hydroxyl groups excluding tert-OH is 1. The minimum Gasteiger partial charge on any atom is -0.459 e. The molecule has 6 unspecified atom stereocenters. The first-order valence-corrected chi connectivity index (χ1v) is 10.5. The van der Waals surface area contributed by atoms with Gasteiger partial charge in [0.25, 0.3) is 0 Å². The Labute approximate surface area is 171 Å². The zero-order valence-electron chi connectivity index (χ0n) is 17.8. The smallest absolute Gasteiger partial charge is 0.303 e. The molecule has 0 aromatic rings. The molecule has 1 aliphatic carbocycles. The van der Waals surface area contributed by atoms with Crippen molar-refractivity contribution in [3.8, 4) is 0 Å². The summed E-state index contributed by atoms with van der Waals surface area (Å²) in [5.41, 5.74) is -1.52. The minimum atomic E-state index is -1.39. The number of hydrogen-bond donors (Lipinski definition) is 2. The molecule has 3 heterocycles. The van der Waals surface area contributed by atoms with E-state index in [2.05, 4.69) is 0 Å². The summed E-state index contributed by atoms with van der Waals surface area (Å²) in [5.74, 6) is -0.832. The number of fused-ring (bicyclic) bond motifs is 2. The molecule has 29 heavy (non-hydrogen) atoms. The van der Waals surface area contributed by atoms with Gasteiger partial charge in [-0.1, -0.05) is 12.5 Å². The van der Waals surface area contributed by atoms with Gasteiger partial charge in [-0.15, -0.1) is 0 Å². The molecule has 162 valence electrons. The van der Waals surface area contributed by atoms with Gasteiger partial charge in [0.05, 0.1) is 24.9 Å². The second-order valence-corrected chi connectivity index (χ2v) is 9.90. The summed E-state index contributed by atoms with van der Waals surface area (Å²) in [6, 6.07) is 0. The Hall–Kier alpha value is -1.28. The van der Waals surface area contributed by atoms with Crippen molar-refractivity contribution >= 4 is 11.8 Å². The Kier molecular flexibility index (Phi) is 4.97. The fourth-order valence-electron chi connectivity index (χ4n) is 6.15. The molecule has 3 saturated heterocycles. The summed E-state index contributed by atoms with van der Waals surface area (Å²) in [5, 5.41) is 22.5. The Bertz CT molecular complexity index is 743. The van der Waals surface area contributed by atoms with Crippen molar-refractivity contribution in [1.29, 1.82) is 0 Å². The molecule has 0 aromatic carbocycles. The van der Waals surface area contributed by atoms with E-state index in [4.69, 9.17) is 14.2 Å². The van der Waals surface area contributed by atoms with E-state index in [9.17, 15) is 19.8 Å². The SMILES string of the molecule is CC(=O)O[C@@H]1C[C@@H](O)[C@]2(C)OCC(C)C3C(=O)C=C(C)C4C(C[C@@]1(C)O)OC2C34. The van der Waals surface area contributed by atoms with E-state index in [1.54, 1.807) is 13.0 Å². The molecule has 0 radical (unpaired) electrons. The van der Waals surface area contributed by atoms with E-state index in [-0.39, 0.29) is 48.4 Å². The van der Waals surface area contributed by atoms with Gasteiger partial charge in [-0.25, -0.2) is 0 Å². The average Bonchev–Trinajstić information content (AvgIpc) is 2.92. The van der Waals surface area contributed by atoms with Crippen molar-refractivity contribution in [1.82, 2.24) is 0 Å². The van der Waals surface area contributed by atoms with Crippen LogP contribution in [0.3, 0.4) is 0 Å². The second kappa shape index (κ2) is 6.87. The third kappa shape index (κ3) is 3.17. The second-order valence-electron chi connectivity index (χ2n) is 9.90. The van der Waals surface area contributed by atoms with Gasteiger partial charge in [0.15, 0.2) is 5.78 Å². The molecular weight excluding hydrogens is 376 g/mol. The molecule has 0 saturated carbocycles. The van der Waals surface area contributed by atoms with Crippen molar-refractivity contribution in [3.63, 3.8) is 0 Å². The lowest BCUT2D eigenvalue weighted by molar-refractivity contribution is -0.191. The molecule has 0 spiro atoms. The molecule has 0 amide bonds. The van der Waals surface area contributed by atoms with Crippen LogP contribution in [0.25, 0.3) is 0 Å². The van der Waals surface area contributed by atoms with E-state index in [0.29, 0.717) is 6.61 Å². The number of ether oxygens (including phenoxy) is 3. The van der Waals surface area contributed by atoms with Gasteiger partial charge in [0.1, 0.15) is 17.3 Å². The van der Waals surface area contributed by atoms with Gasteiger partial charge < -0.3 is 24.4 Å². The van der Waals surface area contributed by atoms with Crippen LogP contribution in [-0.4, -0.2) is 64.2 Å². The van der Waals surface area contributed by atoms with Crippen LogP contribution in [0.15, 0.2) is 11.6 Å². The Morgan fingerprint density at radius 2 is 2.00 bits per heavy atom. The van der Waals surface area contributed by atoms with Crippen molar-refractivity contribution in [2.45, 2.75) is 83.1 Å². The van der Waals surface area contributed by atoms with Crippen molar-refractivity contribution in [2.75, 3.05) is 6.61 Å². The molecule has 7 heteroatoms. The van der Waals surface area contributed by atoms with E-state index in [0.717, 1.165) is 5.57 Å². The summed E-state index contributed by atoms with van der Waals surface area (Å²) in [6.07, 6.45) is -0.772. The van der Waals surface area contributed by atoms with Crippen molar-refractivity contribution in [3.05, 3.63) is 11.6 Å². The highest BCUT2D eigenvalue weighted by Crippen LogP contribution is 2.55. The summed E-state index contributed by atoms with van der Waals surface area (Å²) in [6.45, 7) is 9.01. The topological polar surface area (TPSA) is 102 Å². The van der Waals surface area contributed by atoms with Crippen molar-refractivity contribution < 1.29 is 34.0 Å². The summed E-state index contributed by atoms with van der Waals surface area (Å²) in [7, 11) is 0. The number of carbonyl (C=O) groups excluding carboxylic acids is 2. The highest BCUT2D eigenvalue weighted by Gasteiger charge is 2.64. The standard InChI is InChI=1S/C22H32O7/c1-10-6-13(24)17-11(2)9-27-22(5)15(25)7-16(28-12(3)23)21(4,26)8-14-18(10)19(17)20(22)29-14/h6,11,14-20,25-26H,7-9H2,1-5H3/t11?,14?,15-,16-,17?,18?,19?,20?,21-,22+/m1/s1. The minimum absolute atomic E-state index is 0.0104. The van der Waals surface area contributed by atoms with E-state index >= 15 is 0 Å². The van der Waals surface area contributed by atoms with Crippen LogP contribution in [0.1, 0.15) is 47.5 Å². The van der Waals surface area contributed by atoms with Crippen LogP contribution in [0.5, 0.6) is 0 Å². The predicted molar refractivity (Wildman–Crippen MR) is 103 cm³/mol. The first-order chi connectivity index (χ1) is 13.5. The van der Waals surface area contributed by atoms with Crippen LogP contribution in [0, 0.1) is 23.7 Å². The van der Waals surface area contributed by atoms with Crippen LogP contribution < -0.4 is 0 Å². The zero-order valence-corrected chi connectivity index (χ0v) is 17.8. The summed E-state index contributed by atoms with van der Waals surface area (Å²) < 4.78 is 18.2. The normalized spacial score (nSPS) is 52.0. The summed E-state index contributed by atoms with van der Waals surface area (Å²) >= 11 is 0. The molecule has 3 aliphatic heterocycles. The molecule has 2 N–H and O–H groups in total. The number of hydrogen-bond acceptors (Lipinski definition) is 7. The molecular formula is C22H32O7. The van der Waals surface area contributed by atoms with Gasteiger partial charge >= 0.3 is 5.97 Å². The highest BCUT2D eigenvalue weighted by molar-refractivity contribution is 5.94. The summed E-state index contributed by atoms with van der Waals surface area (Å²) in [4.78, 5) is 24.6. The van der Waals surface area contributed by atoms with Crippen LogP contribution in [-0.2, 0) is 23.8 Å². The van der Waals surface area contributed by atoms with Gasteiger partial charge in [-0.05, 0) is 32.8 Å². The molecule has 2 bridgehead atoms. The Balaban J connectivity index is 1.85. The predicted octanol–water partition coefficient (Wildman–Crippen LogP) is 1.39. The molecule has 10 atom stereocenters. The zero-order chi connectivity index (χ0) is 21.3. The van der Waals surface area contributed by atoms with Crippen molar-refractivity contribution in [2.24, 2.45) is 23.7 Å². The van der Waals surface area contributed by atoms with Crippen LogP contribution >= 0.6 is 0 Å². The number of carbonyl (C=O) groups is 2. The molecule has 3 fully saturated rings. The molecule has 4 rings (SSSR count). The number of allylic oxidation sites excluding steroid dienone is 1. The average molecular weight is 408 g/mol. The van der Waals surface area contributed by atoms with E-state index in [1.807, 2.05) is 20.8 Å². The van der Waals surface area contributed by atoms with Crippen LogP contribution in [0.2, 0.25) is 0 Å². The highest BCUT2D eigenvalue weighted by atomic mass is 16.6. The monoisotopic (exact) mass is 408 g/mol. The number of esters is 1. The van der Waals surface area contributed by atoms with E-state index in [1.165, 1.54) is 6.92 Å². The number of rotatable bonds is 1. The fraction of sp³-hybridized carbons (Fsp3) is 0.818. The maximum Gasteiger partial charge on any atom is 0.303 e. The quantitative estimate of drug-likeness (QED) is 0.632. The fourth-order valence-corrected chi connectivity index (χ4v) is 6.15. The third-order valence-corrected chi connectivity index (χ3v) is 7.68. The Morgan fingerprint density at radius 3 is 2.66 bits per heavy atom. The lowest BCUT2D eigenvalue weighted by Gasteiger charge is -2.43. The number of aliphatic hydroxyl groups is 2. The lowest BCUT2D eigenvalue weighted by atomic mass is 9.62. The van der Waals surface area contributed by atoms with Gasteiger partial charge in [0, 0.05) is 37.5 Å². The van der Waals surface area contributed by atoms with Crippen LogP contribution in [0.4, 0.5) is 0 Å². The van der Waals surface area contributed by atoms with Gasteiger partial charge in [-0.3, -0.25) is 9.59 Å². The number of ketones is 1. The first-order valence-electron chi connectivity index (χ1n) is 10.5. The largest absolute Gasteiger partial charge is 0.459 e. The third-order valence-electron chi connectivity index (χ3n) is 7.68.